The van der Waals surface area contributed by atoms with Crippen molar-refractivity contribution < 1.29 is 13.9 Å². The number of hydrogen-bond donors (Lipinski definition) is 1. The summed E-state index contributed by atoms with van der Waals surface area (Å²) in [5.41, 5.74) is 0.782. The standard InChI is InChI=1S/C16H21FN4O2/c1-23-15-6-4-13(12-14(15)17)5-7-16(22)18-8-2-3-10-21-11-9-19-20-21/h4,6,9,11-12H,2-3,5,7-8,10H2,1H3,(H,18,22). The number of hydrogen-bond acceptors (Lipinski definition) is 4. The van der Waals surface area contributed by atoms with Crippen molar-refractivity contribution in [2.75, 3.05) is 13.7 Å². The van der Waals surface area contributed by atoms with Crippen molar-refractivity contribution in [3.63, 3.8) is 0 Å². The summed E-state index contributed by atoms with van der Waals surface area (Å²) in [6.45, 7) is 1.42. The molecule has 0 saturated carbocycles. The lowest BCUT2D eigenvalue weighted by Gasteiger charge is -2.07. The summed E-state index contributed by atoms with van der Waals surface area (Å²) in [6, 6.07) is 4.75. The Morgan fingerprint density at radius 2 is 2.26 bits per heavy atom. The third-order valence-electron chi connectivity index (χ3n) is 3.47. The average Bonchev–Trinajstić information content (AvgIpc) is 3.06. The summed E-state index contributed by atoms with van der Waals surface area (Å²) < 4.78 is 20.2. The fraction of sp³-hybridized carbons (Fsp3) is 0.438. The van der Waals surface area contributed by atoms with Gasteiger partial charge in [-0.25, -0.2) is 4.39 Å². The Hall–Kier alpha value is -2.44. The molecule has 1 aromatic heterocycles. The number of aryl methyl sites for hydroxylation is 2. The molecular weight excluding hydrogens is 299 g/mol. The van der Waals surface area contributed by atoms with E-state index in [0.29, 0.717) is 19.4 Å². The van der Waals surface area contributed by atoms with Gasteiger partial charge in [-0.2, -0.15) is 0 Å². The van der Waals surface area contributed by atoms with Gasteiger partial charge in [0.1, 0.15) is 0 Å². The second-order valence-electron chi connectivity index (χ2n) is 5.19. The number of carbonyl (C=O) groups excluding carboxylic acids is 1. The molecule has 1 heterocycles. The molecule has 0 aliphatic rings. The van der Waals surface area contributed by atoms with Gasteiger partial charge in [0.15, 0.2) is 11.6 Å². The third kappa shape index (κ3) is 5.69. The molecular formula is C16H21FN4O2. The number of nitrogens with one attached hydrogen (secondary N) is 1. The summed E-state index contributed by atoms with van der Waals surface area (Å²) in [4.78, 5) is 11.8. The Morgan fingerprint density at radius 1 is 1.39 bits per heavy atom. The number of ether oxygens (including phenoxy) is 1. The lowest BCUT2D eigenvalue weighted by atomic mass is 10.1. The van der Waals surface area contributed by atoms with E-state index < -0.39 is 5.82 Å². The van der Waals surface area contributed by atoms with Crippen LogP contribution in [0.25, 0.3) is 0 Å². The first-order chi connectivity index (χ1) is 11.2. The highest BCUT2D eigenvalue weighted by Gasteiger charge is 2.06. The Morgan fingerprint density at radius 3 is 2.96 bits per heavy atom. The smallest absolute Gasteiger partial charge is 0.220 e. The number of amides is 1. The van der Waals surface area contributed by atoms with Crippen molar-refractivity contribution in [2.45, 2.75) is 32.2 Å². The number of aromatic nitrogens is 3. The van der Waals surface area contributed by atoms with Crippen LogP contribution in [0.15, 0.2) is 30.6 Å². The fourth-order valence-electron chi connectivity index (χ4n) is 2.19. The number of unbranched alkanes of at least 4 members (excludes halogenated alkanes) is 1. The molecule has 2 rings (SSSR count). The SMILES string of the molecule is COc1ccc(CCC(=O)NCCCCn2ccnn2)cc1F. The molecule has 0 unspecified atom stereocenters. The van der Waals surface area contributed by atoms with Crippen LogP contribution < -0.4 is 10.1 Å². The summed E-state index contributed by atoms with van der Waals surface area (Å²) >= 11 is 0. The highest BCUT2D eigenvalue weighted by Crippen LogP contribution is 2.18. The topological polar surface area (TPSA) is 69.0 Å². The van der Waals surface area contributed by atoms with E-state index in [1.165, 1.54) is 13.2 Å². The van der Waals surface area contributed by atoms with Crippen molar-refractivity contribution in [3.8, 4) is 5.75 Å². The first kappa shape index (κ1) is 16.9. The number of benzene rings is 1. The van der Waals surface area contributed by atoms with Crippen molar-refractivity contribution in [3.05, 3.63) is 42.0 Å². The second-order valence-corrected chi connectivity index (χ2v) is 5.19. The average molecular weight is 320 g/mol. The lowest BCUT2D eigenvalue weighted by molar-refractivity contribution is -0.121. The molecule has 7 heteroatoms. The van der Waals surface area contributed by atoms with Crippen LogP contribution >= 0.6 is 0 Å². The molecule has 2 aromatic rings. The van der Waals surface area contributed by atoms with Gasteiger partial charge in [-0.15, -0.1) is 5.10 Å². The Balaban J connectivity index is 1.60. The van der Waals surface area contributed by atoms with Crippen LogP contribution in [0.1, 0.15) is 24.8 Å². The van der Waals surface area contributed by atoms with Crippen LogP contribution in [0, 0.1) is 5.82 Å². The first-order valence-electron chi connectivity index (χ1n) is 7.62. The third-order valence-corrected chi connectivity index (χ3v) is 3.47. The van der Waals surface area contributed by atoms with Gasteiger partial charge in [-0.3, -0.25) is 9.48 Å². The zero-order chi connectivity index (χ0) is 16.5. The minimum absolute atomic E-state index is 0.0259. The Labute approximate surface area is 134 Å². The zero-order valence-electron chi connectivity index (χ0n) is 13.2. The van der Waals surface area contributed by atoms with Crippen LogP contribution in [-0.4, -0.2) is 34.6 Å². The maximum atomic E-state index is 13.5. The highest BCUT2D eigenvalue weighted by atomic mass is 19.1. The highest BCUT2D eigenvalue weighted by molar-refractivity contribution is 5.76. The summed E-state index contributed by atoms with van der Waals surface area (Å²) in [7, 11) is 1.43. The minimum atomic E-state index is -0.404. The molecule has 1 aromatic carbocycles. The van der Waals surface area contributed by atoms with Crippen LogP contribution in [0.4, 0.5) is 4.39 Å². The number of rotatable bonds is 9. The summed E-state index contributed by atoms with van der Waals surface area (Å²) in [5.74, 6) is -0.217. The van der Waals surface area contributed by atoms with E-state index in [-0.39, 0.29) is 11.7 Å². The normalized spacial score (nSPS) is 10.5. The molecule has 0 radical (unpaired) electrons. The predicted molar refractivity (Wildman–Crippen MR) is 83.5 cm³/mol. The van der Waals surface area contributed by atoms with E-state index in [1.54, 1.807) is 23.0 Å². The zero-order valence-corrected chi connectivity index (χ0v) is 13.2. The van der Waals surface area contributed by atoms with Crippen LogP contribution in [0.3, 0.4) is 0 Å². The molecule has 6 nitrogen and oxygen atoms in total. The maximum absolute atomic E-state index is 13.5. The van der Waals surface area contributed by atoms with Gasteiger partial charge >= 0.3 is 0 Å². The van der Waals surface area contributed by atoms with Crippen molar-refractivity contribution in [1.29, 1.82) is 0 Å². The van der Waals surface area contributed by atoms with Crippen molar-refractivity contribution in [1.82, 2.24) is 20.3 Å². The van der Waals surface area contributed by atoms with E-state index in [1.807, 2.05) is 6.20 Å². The fourth-order valence-corrected chi connectivity index (χ4v) is 2.19. The van der Waals surface area contributed by atoms with Gasteiger partial charge < -0.3 is 10.1 Å². The number of carbonyl (C=O) groups is 1. The van der Waals surface area contributed by atoms with Gasteiger partial charge in [0.2, 0.25) is 5.91 Å². The molecule has 0 saturated heterocycles. The van der Waals surface area contributed by atoms with E-state index in [2.05, 4.69) is 15.6 Å². The number of nitrogens with zero attached hydrogens (tertiary/aromatic N) is 3. The van der Waals surface area contributed by atoms with Gasteiger partial charge in [0.05, 0.1) is 13.3 Å². The number of methoxy groups -OCH3 is 1. The largest absolute Gasteiger partial charge is 0.494 e. The quantitative estimate of drug-likeness (QED) is 0.717. The predicted octanol–water partition coefficient (Wildman–Crippen LogP) is 1.95. The Bertz CT molecular complexity index is 617. The molecule has 0 bridgehead atoms. The maximum Gasteiger partial charge on any atom is 0.220 e. The van der Waals surface area contributed by atoms with Gasteiger partial charge in [0.25, 0.3) is 0 Å². The van der Waals surface area contributed by atoms with Gasteiger partial charge in [0, 0.05) is 25.7 Å². The van der Waals surface area contributed by atoms with Gasteiger partial charge in [-0.1, -0.05) is 11.3 Å². The summed E-state index contributed by atoms with van der Waals surface area (Å²) in [5, 5.41) is 10.5. The van der Waals surface area contributed by atoms with E-state index in [0.717, 1.165) is 24.9 Å². The molecule has 0 aliphatic carbocycles. The van der Waals surface area contributed by atoms with Gasteiger partial charge in [-0.05, 0) is 37.0 Å². The van der Waals surface area contributed by atoms with Crippen LogP contribution in [0.5, 0.6) is 5.75 Å². The van der Waals surface area contributed by atoms with Crippen molar-refractivity contribution >= 4 is 5.91 Å². The molecule has 0 aliphatic heterocycles. The first-order valence-corrected chi connectivity index (χ1v) is 7.62. The lowest BCUT2D eigenvalue weighted by Crippen LogP contribution is -2.24. The second kappa shape index (κ2) is 8.87. The summed E-state index contributed by atoms with van der Waals surface area (Å²) in [6.07, 6.45) is 6.10. The number of halogens is 1. The minimum Gasteiger partial charge on any atom is -0.494 e. The van der Waals surface area contributed by atoms with E-state index in [9.17, 15) is 9.18 Å². The monoisotopic (exact) mass is 320 g/mol. The molecule has 0 atom stereocenters. The molecule has 1 N–H and O–H groups in total. The molecule has 23 heavy (non-hydrogen) atoms. The van der Waals surface area contributed by atoms with Crippen molar-refractivity contribution in [2.24, 2.45) is 0 Å². The molecule has 1 amide bonds. The molecule has 0 spiro atoms. The van der Waals surface area contributed by atoms with E-state index in [4.69, 9.17) is 4.74 Å². The van der Waals surface area contributed by atoms with Crippen LogP contribution in [-0.2, 0) is 17.8 Å². The van der Waals surface area contributed by atoms with E-state index >= 15 is 0 Å². The molecule has 0 fully saturated rings. The van der Waals surface area contributed by atoms with Crippen LogP contribution in [0.2, 0.25) is 0 Å². The Kier molecular flexibility index (Phi) is 6.53. The molecule has 124 valence electrons.